The zero-order valence-electron chi connectivity index (χ0n) is 11.0. The molecule has 2 rings (SSSR count). The van der Waals surface area contributed by atoms with Gasteiger partial charge in [-0.1, -0.05) is 34.1 Å². The molecule has 7 heteroatoms. The lowest BCUT2D eigenvalue weighted by molar-refractivity contribution is 0.0695. The van der Waals surface area contributed by atoms with Gasteiger partial charge in [0, 0.05) is 10.2 Å². The Kier molecular flexibility index (Phi) is 4.34. The fraction of sp³-hybridized carbons (Fsp3) is 0.0714. The molecule has 0 saturated heterocycles. The zero-order valence-corrected chi connectivity index (χ0v) is 13.4. The Bertz CT molecular complexity index is 788. The van der Waals surface area contributed by atoms with Crippen molar-refractivity contribution in [3.63, 3.8) is 0 Å². The lowest BCUT2D eigenvalue weighted by Gasteiger charge is -2.11. The highest BCUT2D eigenvalue weighted by Gasteiger charge is 2.20. The minimum atomic E-state index is -3.85. The highest BCUT2D eigenvalue weighted by Crippen LogP contribution is 2.26. The van der Waals surface area contributed by atoms with Gasteiger partial charge in [-0.2, -0.15) is 0 Å². The monoisotopic (exact) mass is 369 g/mol. The van der Waals surface area contributed by atoms with Gasteiger partial charge in [0.15, 0.2) is 0 Å². The van der Waals surface area contributed by atoms with E-state index in [4.69, 9.17) is 5.11 Å². The molecule has 2 aromatic carbocycles. The number of hydrogen-bond donors (Lipinski definition) is 2. The van der Waals surface area contributed by atoms with Crippen molar-refractivity contribution in [2.24, 2.45) is 0 Å². The second kappa shape index (κ2) is 5.87. The van der Waals surface area contributed by atoms with Gasteiger partial charge in [-0.25, -0.2) is 13.2 Å². The first-order valence-electron chi connectivity index (χ1n) is 5.92. The van der Waals surface area contributed by atoms with E-state index in [1.165, 1.54) is 6.07 Å². The molecule has 0 aliphatic heterocycles. The summed E-state index contributed by atoms with van der Waals surface area (Å²) in [6, 6.07) is 10.9. The van der Waals surface area contributed by atoms with Gasteiger partial charge in [0.1, 0.15) is 0 Å². The first-order chi connectivity index (χ1) is 9.81. The third kappa shape index (κ3) is 3.43. The van der Waals surface area contributed by atoms with Crippen molar-refractivity contribution in [1.29, 1.82) is 0 Å². The third-order valence-electron chi connectivity index (χ3n) is 2.88. The van der Waals surface area contributed by atoms with Crippen LogP contribution >= 0.6 is 15.9 Å². The zero-order chi connectivity index (χ0) is 15.6. The molecule has 0 bridgehead atoms. The van der Waals surface area contributed by atoms with Crippen molar-refractivity contribution in [1.82, 2.24) is 0 Å². The van der Waals surface area contributed by atoms with Crippen LogP contribution in [0.5, 0.6) is 0 Å². The van der Waals surface area contributed by atoms with E-state index < -0.39 is 16.0 Å². The van der Waals surface area contributed by atoms with Gasteiger partial charge in [0.05, 0.1) is 10.5 Å². The minimum absolute atomic E-state index is 0.0576. The van der Waals surface area contributed by atoms with Crippen LogP contribution in [-0.2, 0) is 10.0 Å². The molecule has 0 radical (unpaired) electrons. The lowest BCUT2D eigenvalue weighted by atomic mass is 10.1. The molecule has 2 N–H and O–H groups in total. The summed E-state index contributed by atoms with van der Waals surface area (Å²) in [5.41, 5.74) is 0.824. The molecule has 0 aliphatic rings. The number of aromatic carboxylic acids is 1. The van der Waals surface area contributed by atoms with Crippen molar-refractivity contribution >= 4 is 37.6 Å². The quantitative estimate of drug-likeness (QED) is 0.866. The highest BCUT2D eigenvalue weighted by molar-refractivity contribution is 9.10. The van der Waals surface area contributed by atoms with Crippen LogP contribution in [0.2, 0.25) is 0 Å². The van der Waals surface area contributed by atoms with Crippen molar-refractivity contribution in [2.45, 2.75) is 11.8 Å². The molecule has 2 aromatic rings. The molecule has 110 valence electrons. The Balaban J connectivity index is 2.48. The highest BCUT2D eigenvalue weighted by atomic mass is 79.9. The van der Waals surface area contributed by atoms with Crippen molar-refractivity contribution in [3.05, 3.63) is 58.1 Å². The number of halogens is 1. The second-order valence-corrected chi connectivity index (χ2v) is 6.89. The van der Waals surface area contributed by atoms with E-state index in [0.29, 0.717) is 15.7 Å². The Morgan fingerprint density at radius 1 is 1.19 bits per heavy atom. The first-order valence-corrected chi connectivity index (χ1v) is 8.20. The van der Waals surface area contributed by atoms with Crippen LogP contribution in [0.25, 0.3) is 0 Å². The standard InChI is InChI=1S/C14H12BrNO4S/c1-9-12(14(17)18)7-11(8-13(9)15)21(19,20)16-10-5-3-2-4-6-10/h2-8,16H,1H3,(H,17,18). The molecule has 5 nitrogen and oxygen atoms in total. The Morgan fingerprint density at radius 2 is 1.81 bits per heavy atom. The molecule has 21 heavy (non-hydrogen) atoms. The van der Waals surface area contributed by atoms with Crippen molar-refractivity contribution < 1.29 is 18.3 Å². The summed E-state index contributed by atoms with van der Waals surface area (Å²) in [7, 11) is -3.85. The number of anilines is 1. The number of rotatable bonds is 4. The molecule has 0 fully saturated rings. The third-order valence-corrected chi connectivity index (χ3v) is 5.07. The van der Waals surface area contributed by atoms with Crippen LogP contribution < -0.4 is 4.72 Å². The maximum atomic E-state index is 12.3. The summed E-state index contributed by atoms with van der Waals surface area (Å²) in [4.78, 5) is 11.1. The molecule has 0 aliphatic carbocycles. The van der Waals surface area contributed by atoms with Crippen LogP contribution in [0, 0.1) is 6.92 Å². The van der Waals surface area contributed by atoms with E-state index in [2.05, 4.69) is 20.7 Å². The molecule has 0 aromatic heterocycles. The van der Waals surface area contributed by atoms with Gasteiger partial charge in [-0.05, 0) is 36.8 Å². The average molecular weight is 370 g/mol. The maximum absolute atomic E-state index is 12.3. The smallest absolute Gasteiger partial charge is 0.336 e. The lowest BCUT2D eigenvalue weighted by Crippen LogP contribution is -2.14. The largest absolute Gasteiger partial charge is 0.478 e. The predicted molar refractivity (Wildman–Crippen MR) is 83.1 cm³/mol. The van der Waals surface area contributed by atoms with E-state index in [-0.39, 0.29) is 10.5 Å². The van der Waals surface area contributed by atoms with Gasteiger partial charge < -0.3 is 5.11 Å². The fourth-order valence-corrected chi connectivity index (χ4v) is 3.47. The number of benzene rings is 2. The summed E-state index contributed by atoms with van der Waals surface area (Å²) >= 11 is 3.19. The normalized spacial score (nSPS) is 11.1. The number of nitrogens with one attached hydrogen (secondary N) is 1. The maximum Gasteiger partial charge on any atom is 0.336 e. The van der Waals surface area contributed by atoms with Crippen LogP contribution in [0.4, 0.5) is 5.69 Å². The summed E-state index contributed by atoms with van der Waals surface area (Å²) < 4.78 is 27.5. The predicted octanol–water partition coefficient (Wildman–Crippen LogP) is 3.26. The summed E-state index contributed by atoms with van der Waals surface area (Å²) in [5.74, 6) is -1.18. The summed E-state index contributed by atoms with van der Waals surface area (Å²) in [6.45, 7) is 1.61. The van der Waals surface area contributed by atoms with E-state index in [1.54, 1.807) is 37.3 Å². The number of sulfonamides is 1. The Labute approximate surface area is 130 Å². The van der Waals surface area contributed by atoms with E-state index in [9.17, 15) is 13.2 Å². The van der Waals surface area contributed by atoms with Crippen LogP contribution in [0.3, 0.4) is 0 Å². The van der Waals surface area contributed by atoms with E-state index >= 15 is 0 Å². The fourth-order valence-electron chi connectivity index (χ4n) is 1.75. The van der Waals surface area contributed by atoms with Gasteiger partial charge in [-0.15, -0.1) is 0 Å². The molecule has 0 spiro atoms. The molecule has 0 heterocycles. The number of para-hydroxylation sites is 1. The topological polar surface area (TPSA) is 83.5 Å². The summed E-state index contributed by atoms with van der Waals surface area (Å²) in [5, 5.41) is 9.13. The van der Waals surface area contributed by atoms with Crippen LogP contribution in [0.1, 0.15) is 15.9 Å². The first kappa shape index (κ1) is 15.5. The Morgan fingerprint density at radius 3 is 2.38 bits per heavy atom. The van der Waals surface area contributed by atoms with E-state index in [0.717, 1.165) is 6.07 Å². The second-order valence-electron chi connectivity index (χ2n) is 4.35. The van der Waals surface area contributed by atoms with Gasteiger partial charge in [0.2, 0.25) is 0 Å². The van der Waals surface area contributed by atoms with Crippen molar-refractivity contribution in [3.8, 4) is 0 Å². The molecule has 0 amide bonds. The Hall–Kier alpha value is -1.86. The van der Waals surface area contributed by atoms with Crippen LogP contribution in [0.15, 0.2) is 51.8 Å². The molecule has 0 atom stereocenters. The number of carboxylic acid groups (broad SMARTS) is 1. The molecule has 0 saturated carbocycles. The SMILES string of the molecule is Cc1c(Br)cc(S(=O)(=O)Nc2ccccc2)cc1C(=O)O. The summed E-state index contributed by atoms with van der Waals surface area (Å²) in [6.07, 6.45) is 0. The van der Waals surface area contributed by atoms with Gasteiger partial charge in [0.25, 0.3) is 10.0 Å². The molecular formula is C14H12BrNO4S. The van der Waals surface area contributed by atoms with Crippen LogP contribution in [-0.4, -0.2) is 19.5 Å². The number of carbonyl (C=O) groups is 1. The average Bonchev–Trinajstić information content (AvgIpc) is 2.41. The number of hydrogen-bond acceptors (Lipinski definition) is 3. The van der Waals surface area contributed by atoms with E-state index in [1.807, 2.05) is 0 Å². The van der Waals surface area contributed by atoms with Gasteiger partial charge in [-0.3, -0.25) is 4.72 Å². The van der Waals surface area contributed by atoms with Gasteiger partial charge >= 0.3 is 5.97 Å². The number of carboxylic acids is 1. The minimum Gasteiger partial charge on any atom is -0.478 e. The van der Waals surface area contributed by atoms with Crippen molar-refractivity contribution in [2.75, 3.05) is 4.72 Å². The molecular weight excluding hydrogens is 358 g/mol. The molecule has 0 unspecified atom stereocenters.